The summed E-state index contributed by atoms with van der Waals surface area (Å²) in [6.45, 7) is 3.92. The maximum atomic E-state index is 11.5. The van der Waals surface area contributed by atoms with Crippen LogP contribution in [0.15, 0.2) is 0 Å². The number of hydrogen-bond acceptors (Lipinski definition) is 4. The van der Waals surface area contributed by atoms with Gasteiger partial charge in [0.15, 0.2) is 0 Å². The van der Waals surface area contributed by atoms with Crippen molar-refractivity contribution in [1.82, 2.24) is 0 Å². The summed E-state index contributed by atoms with van der Waals surface area (Å²) < 4.78 is 33.8. The molecular formula is C8H12O4S. The van der Waals surface area contributed by atoms with Crippen molar-refractivity contribution in [2.24, 2.45) is 5.92 Å². The van der Waals surface area contributed by atoms with Gasteiger partial charge in [-0.2, -0.15) is 8.42 Å². The Hall–Kier alpha value is -0.130. The summed E-state index contributed by atoms with van der Waals surface area (Å²) in [6.07, 6.45) is 0.301. The third kappa shape index (κ3) is 0.765. The molecule has 0 spiro atoms. The van der Waals surface area contributed by atoms with Gasteiger partial charge in [-0.1, -0.05) is 6.92 Å². The van der Waals surface area contributed by atoms with E-state index in [1.54, 1.807) is 0 Å². The van der Waals surface area contributed by atoms with Gasteiger partial charge in [0, 0.05) is 12.3 Å². The van der Waals surface area contributed by atoms with Gasteiger partial charge in [-0.15, -0.1) is 0 Å². The maximum absolute atomic E-state index is 11.5. The van der Waals surface area contributed by atoms with Crippen LogP contribution in [0.5, 0.6) is 0 Å². The van der Waals surface area contributed by atoms with Crippen LogP contribution in [-0.2, 0) is 19.0 Å². The minimum atomic E-state index is -3.34. The SMILES string of the molecule is CC1C2C3OC1(C)CC3OS2(=O)=O. The Morgan fingerprint density at radius 2 is 2.15 bits per heavy atom. The summed E-state index contributed by atoms with van der Waals surface area (Å²) in [7, 11) is -3.34. The molecule has 0 radical (unpaired) electrons. The molecule has 2 bridgehead atoms. The minimum absolute atomic E-state index is 0.0567. The van der Waals surface area contributed by atoms with Gasteiger partial charge in [0.1, 0.15) is 17.5 Å². The third-order valence-corrected chi connectivity index (χ3v) is 5.61. The lowest BCUT2D eigenvalue weighted by Crippen LogP contribution is -2.39. The third-order valence-electron chi connectivity index (χ3n) is 3.75. The van der Waals surface area contributed by atoms with Crippen LogP contribution in [0.1, 0.15) is 20.3 Å². The van der Waals surface area contributed by atoms with Crippen molar-refractivity contribution in [3.63, 3.8) is 0 Å². The zero-order chi connectivity index (χ0) is 9.43. The molecule has 74 valence electrons. The highest BCUT2D eigenvalue weighted by atomic mass is 32.2. The molecule has 3 fully saturated rings. The van der Waals surface area contributed by atoms with E-state index in [2.05, 4.69) is 0 Å². The smallest absolute Gasteiger partial charge is 0.273 e. The van der Waals surface area contributed by atoms with Crippen LogP contribution in [0.2, 0.25) is 0 Å². The topological polar surface area (TPSA) is 52.6 Å². The Labute approximate surface area is 77.3 Å². The second-order valence-corrected chi connectivity index (χ2v) is 6.20. The van der Waals surface area contributed by atoms with Crippen molar-refractivity contribution < 1.29 is 17.3 Å². The molecule has 3 rings (SSSR count). The molecule has 0 saturated carbocycles. The van der Waals surface area contributed by atoms with Crippen LogP contribution in [0.3, 0.4) is 0 Å². The van der Waals surface area contributed by atoms with Gasteiger partial charge in [-0.05, 0) is 6.92 Å². The van der Waals surface area contributed by atoms with Gasteiger partial charge < -0.3 is 4.74 Å². The van der Waals surface area contributed by atoms with Crippen molar-refractivity contribution in [2.45, 2.75) is 43.3 Å². The zero-order valence-electron chi connectivity index (χ0n) is 7.56. The molecule has 5 atom stereocenters. The van der Waals surface area contributed by atoms with E-state index in [1.807, 2.05) is 13.8 Å². The lowest BCUT2D eigenvalue weighted by molar-refractivity contribution is 0.00715. The van der Waals surface area contributed by atoms with Gasteiger partial charge in [0.25, 0.3) is 10.1 Å². The highest BCUT2D eigenvalue weighted by molar-refractivity contribution is 7.87. The van der Waals surface area contributed by atoms with E-state index in [4.69, 9.17) is 8.92 Å². The Kier molecular flexibility index (Phi) is 1.23. The quantitative estimate of drug-likeness (QED) is 0.532. The lowest BCUT2D eigenvalue weighted by Gasteiger charge is -2.26. The molecule has 13 heavy (non-hydrogen) atoms. The van der Waals surface area contributed by atoms with Gasteiger partial charge in [-0.25, -0.2) is 0 Å². The average molecular weight is 204 g/mol. The predicted octanol–water partition coefficient (Wildman–Crippen LogP) is 0.281. The summed E-state index contributed by atoms with van der Waals surface area (Å²) in [5.41, 5.74) is -0.274. The molecule has 0 aromatic rings. The van der Waals surface area contributed by atoms with E-state index in [0.717, 1.165) is 0 Å². The lowest BCUT2D eigenvalue weighted by atomic mass is 9.79. The second-order valence-electron chi connectivity index (χ2n) is 4.48. The first-order valence-electron chi connectivity index (χ1n) is 4.54. The Bertz CT molecular complexity index is 356. The summed E-state index contributed by atoms with van der Waals surface area (Å²) in [4.78, 5) is 0. The van der Waals surface area contributed by atoms with Crippen LogP contribution in [-0.4, -0.2) is 31.5 Å². The van der Waals surface area contributed by atoms with Crippen molar-refractivity contribution in [3.8, 4) is 0 Å². The summed E-state index contributed by atoms with van der Waals surface area (Å²) >= 11 is 0. The van der Waals surface area contributed by atoms with E-state index in [-0.39, 0.29) is 23.7 Å². The second kappa shape index (κ2) is 1.94. The van der Waals surface area contributed by atoms with Gasteiger partial charge in [0.05, 0.1) is 5.60 Å². The van der Waals surface area contributed by atoms with Crippen LogP contribution < -0.4 is 0 Å². The molecule has 5 heteroatoms. The van der Waals surface area contributed by atoms with Crippen molar-refractivity contribution in [1.29, 1.82) is 0 Å². The Balaban J connectivity index is 2.16. The van der Waals surface area contributed by atoms with Crippen molar-refractivity contribution >= 4 is 10.1 Å². The monoisotopic (exact) mass is 204 g/mol. The highest BCUT2D eigenvalue weighted by Gasteiger charge is 2.69. The number of hydrogen-bond donors (Lipinski definition) is 0. The largest absolute Gasteiger partial charge is 0.367 e. The van der Waals surface area contributed by atoms with E-state index < -0.39 is 15.4 Å². The first-order chi connectivity index (χ1) is 5.94. The number of fused-ring (bicyclic) bond motifs is 1. The number of rotatable bonds is 0. The number of ether oxygens (including phenoxy) is 1. The molecule has 3 aliphatic heterocycles. The van der Waals surface area contributed by atoms with Gasteiger partial charge >= 0.3 is 0 Å². The maximum Gasteiger partial charge on any atom is 0.273 e. The molecule has 0 N–H and O–H groups in total. The van der Waals surface area contributed by atoms with Gasteiger partial charge in [-0.3, -0.25) is 4.18 Å². The fraction of sp³-hybridized carbons (Fsp3) is 1.00. The van der Waals surface area contributed by atoms with Crippen LogP contribution in [0.25, 0.3) is 0 Å². The summed E-state index contributed by atoms with van der Waals surface area (Å²) in [5, 5.41) is -0.420. The van der Waals surface area contributed by atoms with E-state index in [9.17, 15) is 8.42 Å². The highest BCUT2D eigenvalue weighted by Crippen LogP contribution is 2.55. The van der Waals surface area contributed by atoms with Crippen molar-refractivity contribution in [3.05, 3.63) is 0 Å². The summed E-state index contributed by atoms with van der Waals surface area (Å²) in [6, 6.07) is 0. The van der Waals surface area contributed by atoms with Crippen LogP contribution in [0, 0.1) is 5.92 Å². The Morgan fingerprint density at radius 1 is 1.46 bits per heavy atom. The molecule has 0 aromatic heterocycles. The molecule has 0 amide bonds. The average Bonchev–Trinajstić information content (AvgIpc) is 2.43. The fourth-order valence-corrected chi connectivity index (χ4v) is 4.89. The van der Waals surface area contributed by atoms with E-state index >= 15 is 0 Å². The first kappa shape index (κ1) is 8.20. The molecule has 3 heterocycles. The standard InChI is InChI=1S/C8H12O4S/c1-4-7-6-5(12-13(7,9)10)3-8(4,2)11-6/h4-7H,3H2,1-2H3. The molecule has 0 aliphatic carbocycles. The van der Waals surface area contributed by atoms with Crippen LogP contribution >= 0.6 is 0 Å². The molecule has 3 saturated heterocycles. The summed E-state index contributed by atoms with van der Waals surface area (Å²) in [5.74, 6) is 0.0567. The Morgan fingerprint density at radius 3 is 2.69 bits per heavy atom. The minimum Gasteiger partial charge on any atom is -0.367 e. The van der Waals surface area contributed by atoms with Crippen LogP contribution in [0.4, 0.5) is 0 Å². The molecular weight excluding hydrogens is 192 g/mol. The van der Waals surface area contributed by atoms with E-state index in [0.29, 0.717) is 6.42 Å². The predicted molar refractivity (Wildman–Crippen MR) is 44.6 cm³/mol. The van der Waals surface area contributed by atoms with Crippen molar-refractivity contribution in [2.75, 3.05) is 0 Å². The fourth-order valence-electron chi connectivity index (χ4n) is 2.89. The molecule has 4 nitrogen and oxygen atoms in total. The molecule has 3 aliphatic rings. The normalized spacial score (nSPS) is 61.7. The zero-order valence-corrected chi connectivity index (χ0v) is 8.37. The molecule has 0 aromatic carbocycles. The molecule has 5 unspecified atom stereocenters. The van der Waals surface area contributed by atoms with E-state index in [1.165, 1.54) is 0 Å². The first-order valence-corrected chi connectivity index (χ1v) is 6.01. The van der Waals surface area contributed by atoms with Gasteiger partial charge in [0.2, 0.25) is 0 Å².